The smallest absolute Gasteiger partial charge is 0.550 e. The average molecular weight is 169 g/mol. The van der Waals surface area contributed by atoms with Crippen LogP contribution in [-0.2, 0) is 24.3 Å². The number of aliphatic carboxylic acids is 1. The zero-order chi connectivity index (χ0) is 3.58. The Kier molecular flexibility index (Phi) is 24.4. The number of carboxylic acid groups (broad SMARTS) is 1. The maximum Gasteiger partial charge on any atom is 1.00 e. The molecule has 0 atom stereocenters. The number of carbonyl (C=O) groups excluding carboxylic acids is 1. The monoisotopic (exact) mass is 169 g/mol. The van der Waals surface area contributed by atoms with E-state index >= 15 is 0 Å². The van der Waals surface area contributed by atoms with Gasteiger partial charge >= 0.3 is 18.9 Å². The molecule has 0 saturated heterocycles. The van der Waals surface area contributed by atoms with E-state index in [4.69, 9.17) is 9.90 Å². The molecule has 6 heavy (non-hydrogen) atoms. The van der Waals surface area contributed by atoms with Gasteiger partial charge in [-0.05, 0) is 6.92 Å². The molecule has 0 N–H and O–H groups in total. The fraction of sp³-hybridized carbons (Fsp3) is 0.500. The molecule has 0 aliphatic rings. The Bertz CT molecular complexity index is 34.5. The second kappa shape index (κ2) is 9.19. The molecule has 0 aromatic rings. The average Bonchev–Trinajstić information content (AvgIpc) is 0.811. The molecule has 0 spiro atoms. The van der Waals surface area contributed by atoms with Gasteiger partial charge in [0.05, 0.1) is 0 Å². The van der Waals surface area contributed by atoms with Gasteiger partial charge in [0.1, 0.15) is 0 Å². The van der Waals surface area contributed by atoms with Gasteiger partial charge in [-0.2, -0.15) is 0 Å². The van der Waals surface area contributed by atoms with Crippen LogP contribution >= 0.6 is 0 Å². The van der Waals surface area contributed by atoms with Crippen molar-refractivity contribution >= 4 is 5.97 Å². The Balaban J connectivity index is -0.0000000450. The summed E-state index contributed by atoms with van der Waals surface area (Å²) in [6.07, 6.45) is 0. The summed E-state index contributed by atoms with van der Waals surface area (Å²) in [6, 6.07) is 0. The molecule has 0 heterocycles. The molecule has 0 unspecified atom stereocenters. The van der Waals surface area contributed by atoms with Gasteiger partial charge in [-0.25, -0.2) is 0 Å². The minimum Gasteiger partial charge on any atom is -0.550 e. The van der Waals surface area contributed by atoms with Crippen molar-refractivity contribution in [1.29, 1.82) is 0 Å². The van der Waals surface area contributed by atoms with Crippen molar-refractivity contribution in [3.05, 3.63) is 0 Å². The van der Waals surface area contributed by atoms with E-state index in [-0.39, 0.29) is 38.3 Å². The standard InChI is InChI=1S/C2H4O2.Li.Rh/c1-2(3)4;;/h1H3,(H,3,4);;/q;+1;/p-1. The van der Waals surface area contributed by atoms with Gasteiger partial charge < -0.3 is 9.90 Å². The third-order valence-corrected chi connectivity index (χ3v) is 0. The molecule has 0 amide bonds. The van der Waals surface area contributed by atoms with Gasteiger partial charge in [-0.15, -0.1) is 0 Å². The molecule has 0 aliphatic heterocycles. The molecule has 4 heteroatoms. The predicted octanol–water partition coefficient (Wildman–Crippen LogP) is -4.24. The van der Waals surface area contributed by atoms with Crippen molar-refractivity contribution in [1.82, 2.24) is 0 Å². The van der Waals surface area contributed by atoms with E-state index < -0.39 is 5.97 Å². The van der Waals surface area contributed by atoms with Crippen molar-refractivity contribution in [2.45, 2.75) is 6.92 Å². The normalized spacial score (nSPS) is 4.17. The summed E-state index contributed by atoms with van der Waals surface area (Å²) < 4.78 is 0. The summed E-state index contributed by atoms with van der Waals surface area (Å²) in [5.41, 5.74) is 0. The van der Waals surface area contributed by atoms with E-state index in [0.29, 0.717) is 0 Å². The Morgan fingerprint density at radius 3 is 1.67 bits per heavy atom. The molecule has 0 bridgehead atoms. The van der Waals surface area contributed by atoms with Crippen LogP contribution in [0.2, 0.25) is 0 Å². The van der Waals surface area contributed by atoms with Gasteiger partial charge in [0.15, 0.2) is 0 Å². The Hall–Kier alpha value is 0.691. The van der Waals surface area contributed by atoms with Crippen molar-refractivity contribution < 1.29 is 48.2 Å². The fourth-order valence-electron chi connectivity index (χ4n) is 0. The van der Waals surface area contributed by atoms with Crippen LogP contribution in [0.25, 0.3) is 0 Å². The number of hydrogen-bond acceptors (Lipinski definition) is 2. The maximum absolute atomic E-state index is 8.89. The Morgan fingerprint density at radius 1 is 1.67 bits per heavy atom. The van der Waals surface area contributed by atoms with Crippen LogP contribution in [0.4, 0.5) is 0 Å². The number of carbonyl (C=O) groups is 1. The SMILES string of the molecule is CC(=O)[O-].[Li+].[Rh]. The first-order valence-electron chi connectivity index (χ1n) is 0.908. The van der Waals surface area contributed by atoms with E-state index in [1.54, 1.807) is 0 Å². The molecule has 0 aromatic carbocycles. The minimum absolute atomic E-state index is 0. The molecule has 0 saturated carbocycles. The molecule has 0 aromatic heterocycles. The van der Waals surface area contributed by atoms with Gasteiger partial charge in [-0.1, -0.05) is 0 Å². The van der Waals surface area contributed by atoms with Crippen molar-refractivity contribution in [3.63, 3.8) is 0 Å². The second-order valence-electron chi connectivity index (χ2n) is 0.492. The van der Waals surface area contributed by atoms with Gasteiger partial charge in [-0.3, -0.25) is 0 Å². The summed E-state index contributed by atoms with van der Waals surface area (Å²) >= 11 is 0. The van der Waals surface area contributed by atoms with Crippen molar-refractivity contribution in [2.24, 2.45) is 0 Å². The third-order valence-electron chi connectivity index (χ3n) is 0. The number of hydrogen-bond donors (Lipinski definition) is 0. The first-order chi connectivity index (χ1) is 1.73. The van der Waals surface area contributed by atoms with Gasteiger partial charge in [0.2, 0.25) is 0 Å². The molecule has 1 radical (unpaired) electrons. The molecular weight excluding hydrogens is 166 g/mol. The van der Waals surface area contributed by atoms with Crippen LogP contribution in [0.15, 0.2) is 0 Å². The van der Waals surface area contributed by atoms with Crippen LogP contribution in [0.1, 0.15) is 6.92 Å². The van der Waals surface area contributed by atoms with E-state index in [1.165, 1.54) is 0 Å². The Labute approximate surface area is 61.2 Å². The van der Waals surface area contributed by atoms with Crippen molar-refractivity contribution in [3.8, 4) is 0 Å². The zero-order valence-electron chi connectivity index (χ0n) is 3.65. The van der Waals surface area contributed by atoms with Gasteiger partial charge in [0, 0.05) is 25.4 Å². The summed E-state index contributed by atoms with van der Waals surface area (Å²) in [5.74, 6) is -1.08. The summed E-state index contributed by atoms with van der Waals surface area (Å²) in [5, 5.41) is 8.89. The van der Waals surface area contributed by atoms with E-state index in [2.05, 4.69) is 0 Å². The quantitative estimate of drug-likeness (QED) is 0.344. The number of carboxylic acids is 1. The summed E-state index contributed by atoms with van der Waals surface area (Å²) in [6.45, 7) is 0.972. The summed E-state index contributed by atoms with van der Waals surface area (Å²) in [7, 11) is 0. The number of rotatable bonds is 0. The fourth-order valence-corrected chi connectivity index (χ4v) is 0. The van der Waals surface area contributed by atoms with Crippen LogP contribution < -0.4 is 24.0 Å². The van der Waals surface area contributed by atoms with Crippen LogP contribution in [-0.4, -0.2) is 5.97 Å². The first-order valence-corrected chi connectivity index (χ1v) is 0.908. The predicted molar refractivity (Wildman–Crippen MR) is 10.7 cm³/mol. The van der Waals surface area contributed by atoms with Gasteiger partial charge in [0.25, 0.3) is 0 Å². The maximum atomic E-state index is 8.89. The molecule has 0 aliphatic carbocycles. The molecule has 0 rings (SSSR count). The largest absolute Gasteiger partial charge is 1.00 e. The summed E-state index contributed by atoms with van der Waals surface area (Å²) in [4.78, 5) is 8.89. The second-order valence-corrected chi connectivity index (χ2v) is 0.492. The molecule has 0 fully saturated rings. The van der Waals surface area contributed by atoms with Crippen molar-refractivity contribution in [2.75, 3.05) is 0 Å². The topological polar surface area (TPSA) is 40.1 Å². The molecular formula is C2H3LiO2Rh. The third kappa shape index (κ3) is 134. The van der Waals surface area contributed by atoms with E-state index in [1.807, 2.05) is 0 Å². The zero-order valence-corrected chi connectivity index (χ0v) is 5.29. The van der Waals surface area contributed by atoms with E-state index in [9.17, 15) is 0 Å². The van der Waals surface area contributed by atoms with Crippen LogP contribution in [0, 0.1) is 0 Å². The minimum atomic E-state index is -1.08. The van der Waals surface area contributed by atoms with E-state index in [0.717, 1.165) is 6.92 Å². The van der Waals surface area contributed by atoms with Crippen LogP contribution in [0.3, 0.4) is 0 Å². The Morgan fingerprint density at radius 2 is 1.67 bits per heavy atom. The molecule has 33 valence electrons. The molecule has 2 nitrogen and oxygen atoms in total. The first kappa shape index (κ1) is 15.9. The van der Waals surface area contributed by atoms with Crippen LogP contribution in [0.5, 0.6) is 0 Å².